The third kappa shape index (κ3) is 4.42. The summed E-state index contributed by atoms with van der Waals surface area (Å²) in [6.07, 6.45) is 1.49. The van der Waals surface area contributed by atoms with Gasteiger partial charge in [0, 0.05) is 18.1 Å². The van der Waals surface area contributed by atoms with Gasteiger partial charge in [-0.2, -0.15) is 4.80 Å². The number of nitrogens with zero attached hydrogens (tertiary/aromatic N) is 4. The van der Waals surface area contributed by atoms with Crippen molar-refractivity contribution in [3.8, 4) is 11.4 Å². The number of tetrazole rings is 1. The summed E-state index contributed by atoms with van der Waals surface area (Å²) < 4.78 is 5.32. The van der Waals surface area contributed by atoms with Crippen molar-refractivity contribution < 1.29 is 19.4 Å². The number of carboxylic acids is 1. The van der Waals surface area contributed by atoms with Crippen LogP contribution in [0.1, 0.15) is 18.4 Å². The van der Waals surface area contributed by atoms with Crippen molar-refractivity contribution >= 4 is 11.9 Å². The van der Waals surface area contributed by atoms with Crippen LogP contribution in [0.5, 0.6) is 0 Å². The van der Waals surface area contributed by atoms with Crippen LogP contribution in [0.2, 0.25) is 0 Å². The van der Waals surface area contributed by atoms with Gasteiger partial charge in [-0.15, -0.1) is 10.2 Å². The molecule has 1 aliphatic rings. The van der Waals surface area contributed by atoms with Crippen molar-refractivity contribution in [1.82, 2.24) is 25.5 Å². The van der Waals surface area contributed by atoms with Gasteiger partial charge in [-0.1, -0.05) is 29.8 Å². The maximum atomic E-state index is 12.2. The van der Waals surface area contributed by atoms with Crippen molar-refractivity contribution in [2.24, 2.45) is 5.92 Å². The molecule has 2 heterocycles. The van der Waals surface area contributed by atoms with Gasteiger partial charge in [-0.05, 0) is 25.0 Å². The average molecular weight is 359 g/mol. The Morgan fingerprint density at radius 3 is 2.81 bits per heavy atom. The number of ether oxygens (including phenoxy) is 1. The predicted octanol–water partition coefficient (Wildman–Crippen LogP) is 0.645. The summed E-state index contributed by atoms with van der Waals surface area (Å²) in [5, 5.41) is 23.9. The van der Waals surface area contributed by atoms with Gasteiger partial charge in [0.1, 0.15) is 12.6 Å². The van der Waals surface area contributed by atoms with Gasteiger partial charge in [0.25, 0.3) is 0 Å². The summed E-state index contributed by atoms with van der Waals surface area (Å²) in [6.45, 7) is 2.74. The summed E-state index contributed by atoms with van der Waals surface area (Å²) in [7, 11) is 0. The minimum atomic E-state index is -1.07. The van der Waals surface area contributed by atoms with Gasteiger partial charge >= 0.3 is 5.97 Å². The molecule has 0 spiro atoms. The van der Waals surface area contributed by atoms with Crippen LogP contribution in [-0.2, 0) is 20.9 Å². The van der Waals surface area contributed by atoms with Crippen LogP contribution in [0.3, 0.4) is 0 Å². The molecule has 2 N–H and O–H groups in total. The smallest absolute Gasteiger partial charge is 0.326 e. The molecule has 138 valence electrons. The number of hydrogen-bond donors (Lipinski definition) is 2. The number of amides is 1. The van der Waals surface area contributed by atoms with E-state index in [9.17, 15) is 14.7 Å². The van der Waals surface area contributed by atoms with E-state index in [1.54, 1.807) is 0 Å². The summed E-state index contributed by atoms with van der Waals surface area (Å²) >= 11 is 0. The number of carboxylic acid groups (broad SMARTS) is 1. The van der Waals surface area contributed by atoms with Crippen LogP contribution in [0.4, 0.5) is 0 Å². The third-order valence-electron chi connectivity index (χ3n) is 4.30. The molecule has 1 aromatic heterocycles. The number of aliphatic carboxylic acids is 1. The largest absolute Gasteiger partial charge is 0.480 e. The first kappa shape index (κ1) is 18.0. The first-order chi connectivity index (χ1) is 12.5. The van der Waals surface area contributed by atoms with Crippen LogP contribution in [0, 0.1) is 12.8 Å². The summed E-state index contributed by atoms with van der Waals surface area (Å²) in [5.74, 6) is -1.37. The number of carbonyl (C=O) groups excluding carboxylic acids is 1. The van der Waals surface area contributed by atoms with E-state index in [2.05, 4.69) is 20.7 Å². The summed E-state index contributed by atoms with van der Waals surface area (Å²) in [6, 6.07) is 6.64. The Morgan fingerprint density at radius 2 is 2.15 bits per heavy atom. The van der Waals surface area contributed by atoms with E-state index < -0.39 is 17.9 Å². The van der Waals surface area contributed by atoms with Crippen LogP contribution in [0.15, 0.2) is 24.3 Å². The lowest BCUT2D eigenvalue weighted by Crippen LogP contribution is -2.49. The second-order valence-electron chi connectivity index (χ2n) is 6.37. The van der Waals surface area contributed by atoms with E-state index in [-0.39, 0.29) is 12.5 Å². The molecule has 0 bridgehead atoms. The zero-order valence-electron chi connectivity index (χ0n) is 14.5. The molecule has 2 aromatic rings. The van der Waals surface area contributed by atoms with E-state index in [1.165, 1.54) is 0 Å². The third-order valence-corrected chi connectivity index (χ3v) is 4.30. The SMILES string of the molecule is Cc1ccc(-c2nnn(CC(=O)NC(C(=O)O)C3CCCOC3)n2)cc1. The van der Waals surface area contributed by atoms with Crippen molar-refractivity contribution in [3.63, 3.8) is 0 Å². The molecule has 2 unspecified atom stereocenters. The Bertz CT molecular complexity index is 768. The van der Waals surface area contributed by atoms with E-state index >= 15 is 0 Å². The number of benzene rings is 1. The van der Waals surface area contributed by atoms with Crippen molar-refractivity contribution in [1.29, 1.82) is 0 Å². The lowest BCUT2D eigenvalue weighted by atomic mass is 9.93. The van der Waals surface area contributed by atoms with Gasteiger partial charge < -0.3 is 15.2 Å². The molecule has 1 aliphatic heterocycles. The highest BCUT2D eigenvalue weighted by Gasteiger charge is 2.31. The fraction of sp³-hybridized carbons (Fsp3) is 0.471. The average Bonchev–Trinajstić information content (AvgIpc) is 3.09. The van der Waals surface area contributed by atoms with Crippen molar-refractivity contribution in [3.05, 3.63) is 29.8 Å². The monoisotopic (exact) mass is 359 g/mol. The number of nitrogens with one attached hydrogen (secondary N) is 1. The standard InChI is InChI=1S/C17H21N5O4/c1-11-4-6-12(7-5-11)16-19-21-22(20-16)9-14(23)18-15(17(24)25)13-3-2-8-26-10-13/h4-7,13,15H,2-3,8-10H2,1H3,(H,18,23)(H,24,25). The first-order valence-electron chi connectivity index (χ1n) is 8.47. The number of aromatic nitrogens is 4. The van der Waals surface area contributed by atoms with Crippen molar-refractivity contribution in [2.75, 3.05) is 13.2 Å². The lowest BCUT2D eigenvalue weighted by Gasteiger charge is -2.27. The Kier molecular flexibility index (Phi) is 5.57. The van der Waals surface area contributed by atoms with Crippen LogP contribution in [-0.4, -0.2) is 56.4 Å². The molecule has 0 saturated carbocycles. The zero-order valence-corrected chi connectivity index (χ0v) is 14.5. The highest BCUT2D eigenvalue weighted by molar-refractivity contribution is 5.83. The Morgan fingerprint density at radius 1 is 1.38 bits per heavy atom. The Labute approximate surface area is 150 Å². The number of carbonyl (C=O) groups is 2. The molecule has 26 heavy (non-hydrogen) atoms. The molecule has 1 fully saturated rings. The van der Waals surface area contributed by atoms with E-state index in [0.717, 1.165) is 22.3 Å². The minimum absolute atomic E-state index is 0.198. The molecule has 1 saturated heterocycles. The fourth-order valence-corrected chi connectivity index (χ4v) is 2.89. The number of hydrogen-bond acceptors (Lipinski definition) is 6. The van der Waals surface area contributed by atoms with Crippen LogP contribution in [0.25, 0.3) is 11.4 Å². The quantitative estimate of drug-likeness (QED) is 0.777. The van der Waals surface area contributed by atoms with Crippen LogP contribution >= 0.6 is 0 Å². The number of rotatable bonds is 6. The van der Waals surface area contributed by atoms with E-state index in [4.69, 9.17) is 4.74 Å². The molecular formula is C17H21N5O4. The Hall–Kier alpha value is -2.81. The molecular weight excluding hydrogens is 338 g/mol. The first-order valence-corrected chi connectivity index (χ1v) is 8.47. The fourth-order valence-electron chi connectivity index (χ4n) is 2.89. The lowest BCUT2D eigenvalue weighted by molar-refractivity contribution is -0.145. The number of aryl methyl sites for hydroxylation is 1. The van der Waals surface area contributed by atoms with Crippen molar-refractivity contribution in [2.45, 2.75) is 32.4 Å². The summed E-state index contributed by atoms with van der Waals surface area (Å²) in [5.41, 5.74) is 1.91. The summed E-state index contributed by atoms with van der Waals surface area (Å²) in [4.78, 5) is 24.9. The zero-order chi connectivity index (χ0) is 18.5. The Balaban J connectivity index is 1.62. The highest BCUT2D eigenvalue weighted by Crippen LogP contribution is 2.18. The molecule has 9 nitrogen and oxygen atoms in total. The normalized spacial score (nSPS) is 18.3. The van der Waals surface area contributed by atoms with E-state index in [0.29, 0.717) is 25.5 Å². The second kappa shape index (κ2) is 8.05. The van der Waals surface area contributed by atoms with Crippen LogP contribution < -0.4 is 5.32 Å². The van der Waals surface area contributed by atoms with Gasteiger partial charge in [0.15, 0.2) is 0 Å². The van der Waals surface area contributed by atoms with Gasteiger partial charge in [0.05, 0.1) is 6.61 Å². The molecule has 0 aliphatic carbocycles. The molecule has 1 aromatic carbocycles. The maximum absolute atomic E-state index is 12.2. The molecule has 3 rings (SSSR count). The minimum Gasteiger partial charge on any atom is -0.480 e. The molecule has 0 radical (unpaired) electrons. The molecule has 2 atom stereocenters. The van der Waals surface area contributed by atoms with E-state index in [1.807, 2.05) is 31.2 Å². The predicted molar refractivity (Wildman–Crippen MR) is 91.1 cm³/mol. The second-order valence-corrected chi connectivity index (χ2v) is 6.37. The van der Waals surface area contributed by atoms with Gasteiger partial charge in [0.2, 0.25) is 11.7 Å². The maximum Gasteiger partial charge on any atom is 0.326 e. The molecule has 1 amide bonds. The van der Waals surface area contributed by atoms with Gasteiger partial charge in [-0.25, -0.2) is 4.79 Å². The highest BCUT2D eigenvalue weighted by atomic mass is 16.5. The topological polar surface area (TPSA) is 119 Å². The molecule has 9 heteroatoms. The van der Waals surface area contributed by atoms with Gasteiger partial charge in [-0.3, -0.25) is 4.79 Å².